The van der Waals surface area contributed by atoms with Crippen LogP contribution in [0.3, 0.4) is 0 Å². The quantitative estimate of drug-likeness (QED) is 0.921. The third kappa shape index (κ3) is 4.09. The number of nitrogens with one attached hydrogen (secondary N) is 1. The number of imidazole rings is 1. The van der Waals surface area contributed by atoms with Gasteiger partial charge in [-0.05, 0) is 57.6 Å². The van der Waals surface area contributed by atoms with Crippen LogP contribution in [0.4, 0.5) is 0 Å². The SMILES string of the molecule is Cc1cnc(-c2cc(CC3CCCN(C4CCCCC4)C3)ncn2)[nH]1. The molecule has 1 aliphatic heterocycles. The number of H-pyrrole nitrogens is 1. The van der Waals surface area contributed by atoms with Crippen LogP contribution in [-0.2, 0) is 6.42 Å². The molecule has 2 aromatic heterocycles. The van der Waals surface area contributed by atoms with E-state index >= 15 is 0 Å². The summed E-state index contributed by atoms with van der Waals surface area (Å²) < 4.78 is 0. The van der Waals surface area contributed by atoms with Gasteiger partial charge in [0, 0.05) is 30.2 Å². The average molecular weight is 339 g/mol. The van der Waals surface area contributed by atoms with Crippen molar-refractivity contribution in [3.8, 4) is 11.5 Å². The Morgan fingerprint density at radius 3 is 2.76 bits per heavy atom. The maximum atomic E-state index is 4.53. The van der Waals surface area contributed by atoms with Crippen LogP contribution in [0.2, 0.25) is 0 Å². The summed E-state index contributed by atoms with van der Waals surface area (Å²) in [5.74, 6) is 1.56. The molecule has 0 amide bonds. The summed E-state index contributed by atoms with van der Waals surface area (Å²) in [4.78, 5) is 19.3. The first-order valence-corrected chi connectivity index (χ1v) is 9.85. The number of hydrogen-bond donors (Lipinski definition) is 1. The van der Waals surface area contributed by atoms with Gasteiger partial charge in [-0.1, -0.05) is 19.3 Å². The second-order valence-corrected chi connectivity index (χ2v) is 7.81. The van der Waals surface area contributed by atoms with E-state index in [0.29, 0.717) is 0 Å². The predicted molar refractivity (Wildman–Crippen MR) is 99.2 cm³/mol. The average Bonchev–Trinajstić information content (AvgIpc) is 3.09. The Hall–Kier alpha value is -1.75. The fourth-order valence-corrected chi connectivity index (χ4v) is 4.52. The molecule has 5 heteroatoms. The molecule has 1 saturated carbocycles. The molecule has 1 saturated heterocycles. The lowest BCUT2D eigenvalue weighted by Crippen LogP contribution is -2.44. The zero-order valence-electron chi connectivity index (χ0n) is 15.2. The van der Waals surface area contributed by atoms with Gasteiger partial charge in [-0.3, -0.25) is 0 Å². The number of aromatic amines is 1. The van der Waals surface area contributed by atoms with Gasteiger partial charge in [-0.2, -0.15) is 0 Å². The van der Waals surface area contributed by atoms with E-state index in [0.717, 1.165) is 41.3 Å². The predicted octanol–water partition coefficient (Wildman–Crippen LogP) is 3.76. The Morgan fingerprint density at radius 1 is 1.08 bits per heavy atom. The van der Waals surface area contributed by atoms with Gasteiger partial charge < -0.3 is 9.88 Å². The van der Waals surface area contributed by atoms with Crippen LogP contribution < -0.4 is 0 Å². The van der Waals surface area contributed by atoms with Gasteiger partial charge in [0.2, 0.25) is 0 Å². The van der Waals surface area contributed by atoms with Gasteiger partial charge >= 0.3 is 0 Å². The smallest absolute Gasteiger partial charge is 0.156 e. The first-order valence-electron chi connectivity index (χ1n) is 9.85. The molecule has 2 fully saturated rings. The van der Waals surface area contributed by atoms with Crippen molar-refractivity contribution in [3.63, 3.8) is 0 Å². The number of piperidine rings is 1. The standard InChI is InChI=1S/C20H29N5/c1-15-12-21-20(24-15)19-11-17(22-14-23-19)10-16-6-5-9-25(13-16)18-7-3-2-4-8-18/h11-12,14,16,18H,2-10,13H2,1H3,(H,21,24). The van der Waals surface area contributed by atoms with Crippen molar-refractivity contribution in [1.82, 2.24) is 24.8 Å². The summed E-state index contributed by atoms with van der Waals surface area (Å²) in [6.07, 6.45) is 14.3. The second-order valence-electron chi connectivity index (χ2n) is 7.81. The number of hydrogen-bond acceptors (Lipinski definition) is 4. The van der Waals surface area contributed by atoms with Gasteiger partial charge in [0.25, 0.3) is 0 Å². The minimum absolute atomic E-state index is 0.719. The molecular weight excluding hydrogens is 310 g/mol. The molecule has 1 unspecified atom stereocenters. The monoisotopic (exact) mass is 339 g/mol. The van der Waals surface area contributed by atoms with E-state index in [1.807, 2.05) is 13.1 Å². The fourth-order valence-electron chi connectivity index (χ4n) is 4.52. The molecule has 3 heterocycles. The Balaban J connectivity index is 1.41. The molecule has 4 rings (SSSR count). The molecular formula is C20H29N5. The van der Waals surface area contributed by atoms with E-state index in [9.17, 15) is 0 Å². The normalized spacial score (nSPS) is 23.0. The van der Waals surface area contributed by atoms with Crippen molar-refractivity contribution in [3.05, 3.63) is 30.0 Å². The lowest BCUT2D eigenvalue weighted by atomic mass is 9.88. The lowest BCUT2D eigenvalue weighted by molar-refractivity contribution is 0.0981. The minimum atomic E-state index is 0.719. The summed E-state index contributed by atoms with van der Waals surface area (Å²) in [5.41, 5.74) is 3.11. The Morgan fingerprint density at radius 2 is 1.96 bits per heavy atom. The zero-order chi connectivity index (χ0) is 17.1. The molecule has 0 spiro atoms. The lowest BCUT2D eigenvalue weighted by Gasteiger charge is -2.40. The van der Waals surface area contributed by atoms with Crippen molar-refractivity contribution in [2.24, 2.45) is 5.92 Å². The van der Waals surface area contributed by atoms with Gasteiger partial charge in [-0.25, -0.2) is 15.0 Å². The molecule has 1 N–H and O–H groups in total. The molecule has 5 nitrogen and oxygen atoms in total. The highest BCUT2D eigenvalue weighted by molar-refractivity contribution is 5.49. The van der Waals surface area contributed by atoms with Gasteiger partial charge in [0.05, 0.1) is 0 Å². The van der Waals surface area contributed by atoms with E-state index in [1.165, 1.54) is 58.0 Å². The van der Waals surface area contributed by atoms with Gasteiger partial charge in [0.15, 0.2) is 5.82 Å². The van der Waals surface area contributed by atoms with E-state index in [-0.39, 0.29) is 0 Å². The molecule has 1 aliphatic carbocycles. The highest BCUT2D eigenvalue weighted by atomic mass is 15.2. The maximum absolute atomic E-state index is 4.53. The topological polar surface area (TPSA) is 57.7 Å². The molecule has 0 radical (unpaired) electrons. The van der Waals surface area contributed by atoms with Crippen LogP contribution in [0.15, 0.2) is 18.6 Å². The summed E-state index contributed by atoms with van der Waals surface area (Å²) in [5, 5.41) is 0. The number of likely N-dealkylation sites (tertiary alicyclic amines) is 1. The van der Waals surface area contributed by atoms with Crippen LogP contribution in [0.5, 0.6) is 0 Å². The van der Waals surface area contributed by atoms with E-state index in [2.05, 4.69) is 30.9 Å². The van der Waals surface area contributed by atoms with Crippen molar-refractivity contribution in [1.29, 1.82) is 0 Å². The third-order valence-corrected chi connectivity index (χ3v) is 5.81. The van der Waals surface area contributed by atoms with Gasteiger partial charge in [0.1, 0.15) is 12.0 Å². The van der Waals surface area contributed by atoms with Crippen LogP contribution in [0.1, 0.15) is 56.3 Å². The van der Waals surface area contributed by atoms with Crippen molar-refractivity contribution in [2.45, 2.75) is 64.3 Å². The molecule has 134 valence electrons. The highest BCUT2D eigenvalue weighted by Gasteiger charge is 2.27. The fraction of sp³-hybridized carbons (Fsp3) is 0.650. The number of aryl methyl sites for hydroxylation is 1. The zero-order valence-corrected chi connectivity index (χ0v) is 15.2. The molecule has 1 atom stereocenters. The van der Waals surface area contributed by atoms with Crippen LogP contribution in [-0.4, -0.2) is 44.0 Å². The van der Waals surface area contributed by atoms with Crippen molar-refractivity contribution >= 4 is 0 Å². The van der Waals surface area contributed by atoms with Crippen LogP contribution >= 0.6 is 0 Å². The van der Waals surface area contributed by atoms with E-state index in [1.54, 1.807) is 6.33 Å². The first kappa shape index (κ1) is 16.7. The second kappa shape index (κ2) is 7.65. The Bertz CT molecular complexity index is 689. The summed E-state index contributed by atoms with van der Waals surface area (Å²) >= 11 is 0. The number of aromatic nitrogens is 4. The summed E-state index contributed by atoms with van der Waals surface area (Å²) in [6.45, 7) is 4.55. The van der Waals surface area contributed by atoms with Crippen LogP contribution in [0, 0.1) is 12.8 Å². The Kier molecular flexibility index (Phi) is 5.11. The first-order chi connectivity index (χ1) is 12.3. The summed E-state index contributed by atoms with van der Waals surface area (Å²) in [7, 11) is 0. The molecule has 2 aromatic rings. The van der Waals surface area contributed by atoms with Crippen molar-refractivity contribution < 1.29 is 0 Å². The molecule has 25 heavy (non-hydrogen) atoms. The number of nitrogens with zero attached hydrogens (tertiary/aromatic N) is 4. The minimum Gasteiger partial charge on any atom is -0.341 e. The Labute approximate surface area is 150 Å². The van der Waals surface area contributed by atoms with E-state index in [4.69, 9.17) is 0 Å². The molecule has 0 aromatic carbocycles. The molecule has 0 bridgehead atoms. The highest BCUT2D eigenvalue weighted by Crippen LogP contribution is 2.28. The summed E-state index contributed by atoms with van der Waals surface area (Å²) in [6, 6.07) is 2.95. The van der Waals surface area contributed by atoms with Crippen molar-refractivity contribution in [2.75, 3.05) is 13.1 Å². The number of rotatable bonds is 4. The largest absolute Gasteiger partial charge is 0.341 e. The van der Waals surface area contributed by atoms with E-state index < -0.39 is 0 Å². The molecule has 2 aliphatic rings. The van der Waals surface area contributed by atoms with Crippen LogP contribution in [0.25, 0.3) is 11.5 Å². The van der Waals surface area contributed by atoms with Gasteiger partial charge in [-0.15, -0.1) is 0 Å². The third-order valence-electron chi connectivity index (χ3n) is 5.81. The maximum Gasteiger partial charge on any atom is 0.156 e.